The molecule has 4 heteroatoms. The summed E-state index contributed by atoms with van der Waals surface area (Å²) in [5, 5.41) is 0. The minimum atomic E-state index is -2.88. The van der Waals surface area contributed by atoms with E-state index in [4.69, 9.17) is 0 Å². The normalized spacial score (nSPS) is 16.3. The molecule has 3 nitrogen and oxygen atoms in total. The molecule has 0 saturated heterocycles. The Morgan fingerprint density at radius 1 is 0.900 bits per heavy atom. The summed E-state index contributed by atoms with van der Waals surface area (Å²) in [6, 6.07) is 0. The molecule has 0 spiro atoms. The van der Waals surface area contributed by atoms with Gasteiger partial charge in [0.1, 0.15) is 0 Å². The molecule has 20 heavy (non-hydrogen) atoms. The Labute approximate surface area is 131 Å². The molecule has 0 aromatic carbocycles. The predicted octanol–water partition coefficient (Wildman–Crippen LogP) is 3.36. The Morgan fingerprint density at radius 2 is 1.35 bits per heavy atom. The van der Waals surface area contributed by atoms with Crippen LogP contribution in [0.15, 0.2) is 21.0 Å². The van der Waals surface area contributed by atoms with E-state index in [1.165, 1.54) is 0 Å². The van der Waals surface area contributed by atoms with E-state index in [0.717, 1.165) is 32.5 Å². The summed E-state index contributed by atoms with van der Waals surface area (Å²) in [7, 11) is 7.02. The van der Waals surface area contributed by atoms with E-state index in [1.807, 2.05) is 0 Å². The van der Waals surface area contributed by atoms with Crippen LogP contribution in [0.3, 0.4) is 0 Å². The van der Waals surface area contributed by atoms with E-state index in [0.29, 0.717) is 0 Å². The average molecular weight is 359 g/mol. The van der Waals surface area contributed by atoms with Crippen LogP contribution in [0.4, 0.5) is 0 Å². The van der Waals surface area contributed by atoms with Crippen LogP contribution in [0.2, 0.25) is 0 Å². The van der Waals surface area contributed by atoms with Crippen LogP contribution in [-0.4, -0.2) is 49.3 Å². The summed E-state index contributed by atoms with van der Waals surface area (Å²) in [5.41, 5.74) is 1.60. The molecule has 0 radical (unpaired) electrons. The van der Waals surface area contributed by atoms with E-state index in [-0.39, 0.29) is 0 Å². The van der Waals surface area contributed by atoms with Gasteiger partial charge < -0.3 is 0 Å². The molecule has 0 heterocycles. The van der Waals surface area contributed by atoms with Crippen LogP contribution >= 0.6 is 0 Å². The third-order valence-electron chi connectivity index (χ3n) is 4.83. The summed E-state index contributed by atoms with van der Waals surface area (Å²) in [6.07, 6.45) is 7.07. The molecule has 0 aromatic rings. The second-order valence-corrected chi connectivity index (χ2v) is 15.9. The third kappa shape index (κ3) is 3.04. The van der Waals surface area contributed by atoms with Crippen molar-refractivity contribution in [3.05, 3.63) is 21.0 Å². The summed E-state index contributed by atoms with van der Waals surface area (Å²) < 4.78 is 9.85. The predicted molar refractivity (Wildman–Crippen MR) is 86.0 cm³/mol. The molecular weight excluding hydrogens is 325 g/mol. The first-order valence-corrected chi connectivity index (χ1v) is 12.6. The van der Waals surface area contributed by atoms with Crippen molar-refractivity contribution in [2.45, 2.75) is 40.5 Å². The van der Waals surface area contributed by atoms with Crippen molar-refractivity contribution in [2.24, 2.45) is 0 Å². The van der Waals surface area contributed by atoms with Crippen molar-refractivity contribution in [3.63, 3.8) is 0 Å². The van der Waals surface area contributed by atoms with Crippen LogP contribution in [0.25, 0.3) is 0 Å². The van der Waals surface area contributed by atoms with E-state index in [2.05, 4.69) is 69.5 Å². The van der Waals surface area contributed by atoms with Crippen molar-refractivity contribution in [1.82, 2.24) is 8.53 Å². The van der Waals surface area contributed by atoms with Gasteiger partial charge in [-0.1, -0.05) is 0 Å². The van der Waals surface area contributed by atoms with Crippen LogP contribution in [0, 0.1) is 0 Å². The van der Waals surface area contributed by atoms with Gasteiger partial charge in [0.25, 0.3) is 0 Å². The average Bonchev–Trinajstić information content (AvgIpc) is 2.95. The zero-order valence-electron chi connectivity index (χ0n) is 14.5. The van der Waals surface area contributed by atoms with Crippen molar-refractivity contribution >= 4 is 0 Å². The van der Waals surface area contributed by atoms with Crippen LogP contribution in [0.5, 0.6) is 0 Å². The van der Waals surface area contributed by atoms with Gasteiger partial charge in [0.05, 0.1) is 0 Å². The first kappa shape index (κ1) is 18.3. The molecule has 0 atom stereocenters. The molecule has 116 valence electrons. The fourth-order valence-electron chi connectivity index (χ4n) is 3.46. The van der Waals surface area contributed by atoms with Crippen LogP contribution in [0.1, 0.15) is 40.5 Å². The summed E-state index contributed by atoms with van der Waals surface area (Å²) in [4.78, 5) is 0. The monoisotopic (exact) mass is 357 g/mol. The maximum atomic E-state index is 2.69. The number of rotatable bonds is 8. The Kier molecular flexibility index (Phi) is 7.34. The van der Waals surface area contributed by atoms with Gasteiger partial charge in [-0.15, -0.1) is 0 Å². The molecule has 1 aliphatic rings. The van der Waals surface area contributed by atoms with Gasteiger partial charge in [-0.3, -0.25) is 0 Å². The maximum absolute atomic E-state index is 2.88. The zero-order chi connectivity index (χ0) is 15.3. The van der Waals surface area contributed by atoms with Crippen molar-refractivity contribution in [3.8, 4) is 0 Å². The first-order valence-electron chi connectivity index (χ1n) is 8.03. The van der Waals surface area contributed by atoms with Gasteiger partial charge in [-0.2, -0.15) is 0 Å². The van der Waals surface area contributed by atoms with Crippen molar-refractivity contribution in [2.75, 3.05) is 40.8 Å². The summed E-state index contributed by atoms with van der Waals surface area (Å²) in [5.74, 6) is 0. The van der Waals surface area contributed by atoms with Gasteiger partial charge in [0.15, 0.2) is 0 Å². The van der Waals surface area contributed by atoms with Crippen molar-refractivity contribution < 1.29 is 21.1 Å². The summed E-state index contributed by atoms with van der Waals surface area (Å²) in [6.45, 7) is 12.6. The quantitative estimate of drug-likeness (QED) is 0.659. The first-order chi connectivity index (χ1) is 9.50. The van der Waals surface area contributed by atoms with E-state index in [1.54, 1.807) is 8.85 Å². The van der Waals surface area contributed by atoms with Crippen LogP contribution in [-0.2, 0) is 21.1 Å². The molecule has 1 aliphatic carbocycles. The zero-order valence-corrected chi connectivity index (χ0v) is 17.0. The summed E-state index contributed by atoms with van der Waals surface area (Å²) >= 11 is -2.88. The van der Waals surface area contributed by atoms with E-state index in [9.17, 15) is 0 Å². The Morgan fingerprint density at radius 3 is 1.70 bits per heavy atom. The second-order valence-electron chi connectivity index (χ2n) is 5.64. The topological polar surface area (TPSA) is 9.72 Å². The van der Waals surface area contributed by atoms with Crippen molar-refractivity contribution in [1.29, 1.82) is 0 Å². The van der Waals surface area contributed by atoms with Gasteiger partial charge in [0, 0.05) is 0 Å². The van der Waals surface area contributed by atoms with Crippen LogP contribution < -0.4 is 0 Å². The van der Waals surface area contributed by atoms with E-state index >= 15 is 0 Å². The molecule has 1 rings (SSSR count). The fourth-order valence-corrected chi connectivity index (χ4v) is 17.1. The number of nitrogens with zero attached hydrogens (tertiary/aromatic N) is 3. The molecule has 0 aliphatic heterocycles. The number of hydrogen-bond donors (Lipinski definition) is 0. The van der Waals surface area contributed by atoms with Gasteiger partial charge in [0.2, 0.25) is 0 Å². The van der Waals surface area contributed by atoms with Gasteiger partial charge in [-0.25, -0.2) is 0 Å². The second kappa shape index (κ2) is 8.03. The Bertz CT molecular complexity index is 349. The molecule has 0 saturated carbocycles. The third-order valence-corrected chi connectivity index (χ3v) is 18.3. The Hall–Kier alpha value is 0.243. The molecular formula is C16H33N3Zr. The minimum absolute atomic E-state index is 1.13. The number of hydrogen-bond acceptors (Lipinski definition) is 3. The van der Waals surface area contributed by atoms with Gasteiger partial charge in [-0.05, 0) is 0 Å². The van der Waals surface area contributed by atoms with Gasteiger partial charge >= 0.3 is 132 Å². The Balaban J connectivity index is 3.45. The molecule has 0 bridgehead atoms. The molecule has 0 unspecified atom stereocenters. The SMILES string of the molecule is CCC1=[C]([Zr]([N](C)CC)([N](C)CC)[N](C)CC)CC=C1. The molecule has 0 N–H and O–H groups in total. The molecule has 0 amide bonds. The molecule has 0 aromatic heterocycles. The standard InChI is InChI=1S/C7H9.3C3H8N.Zr/c1-2-7-5-3-4-6-7;3*1-3-4-2;/h3,5H,2,4H2,1H3;3*3H2,1-2H3;/q;3*-1;+3. The molecule has 0 fully saturated rings. The van der Waals surface area contributed by atoms with E-state index < -0.39 is 21.1 Å². The number of allylic oxidation sites excluding steroid dienone is 4. The fraction of sp³-hybridized carbons (Fsp3) is 0.750.